The molecule has 1 N–H and O–H groups in total. The largest absolute Gasteiger partial charge is 0.391 e. The number of amides is 1. The molecular weight excluding hydrogens is 283 g/mol. The Morgan fingerprint density at radius 2 is 2.05 bits per heavy atom. The monoisotopic (exact) mass is 300 g/mol. The van der Waals surface area contributed by atoms with Crippen LogP contribution in [0.3, 0.4) is 0 Å². The smallest absolute Gasteiger partial charge is 0.273 e. The maximum atomic E-state index is 13.1. The molecule has 1 saturated heterocycles. The van der Waals surface area contributed by atoms with Gasteiger partial charge in [-0.1, -0.05) is 18.2 Å². The highest BCUT2D eigenvalue weighted by Gasteiger charge is 2.36. The number of likely N-dealkylation sites (tertiary alicyclic amines) is 1. The lowest BCUT2D eigenvalue weighted by molar-refractivity contribution is 0.0709. The minimum absolute atomic E-state index is 0.205. The van der Waals surface area contributed by atoms with Gasteiger partial charge in [0.2, 0.25) is 0 Å². The Bertz CT molecular complexity index is 687. The summed E-state index contributed by atoms with van der Waals surface area (Å²) in [6.45, 7) is 2.09. The van der Waals surface area contributed by atoms with Crippen LogP contribution in [-0.4, -0.2) is 33.5 Å². The predicted octanol–water partition coefficient (Wildman–Crippen LogP) is 2.48. The lowest BCUT2D eigenvalue weighted by Gasteiger charge is -2.25. The fraction of sp³-hybridized carbons (Fsp3) is 0.294. The van der Waals surface area contributed by atoms with Gasteiger partial charge in [-0.05, 0) is 42.7 Å². The Hall–Kier alpha value is -2.27. The minimum Gasteiger partial charge on any atom is -0.391 e. The highest BCUT2D eigenvalue weighted by Crippen LogP contribution is 2.33. The van der Waals surface area contributed by atoms with E-state index >= 15 is 0 Å². The van der Waals surface area contributed by atoms with Gasteiger partial charge in [0, 0.05) is 12.7 Å². The summed E-state index contributed by atoms with van der Waals surface area (Å²) in [5.74, 6) is -0.523. The molecule has 3 rings (SSSR count). The maximum Gasteiger partial charge on any atom is 0.273 e. The van der Waals surface area contributed by atoms with E-state index in [1.165, 1.54) is 12.1 Å². The topological polar surface area (TPSA) is 53.4 Å². The molecule has 0 bridgehead atoms. The van der Waals surface area contributed by atoms with Crippen LogP contribution < -0.4 is 0 Å². The zero-order valence-electron chi connectivity index (χ0n) is 12.2. The van der Waals surface area contributed by atoms with E-state index in [-0.39, 0.29) is 24.3 Å². The molecule has 1 aliphatic rings. The normalized spacial score (nSPS) is 21.1. The molecule has 2 atom stereocenters. The average molecular weight is 300 g/mol. The Balaban J connectivity index is 1.92. The number of β-amino-alcohol motifs (C(OH)–C–C–N with tert-alkyl or cyclic N) is 1. The number of hydrogen-bond acceptors (Lipinski definition) is 3. The molecule has 2 unspecified atom stereocenters. The zero-order valence-corrected chi connectivity index (χ0v) is 12.2. The van der Waals surface area contributed by atoms with Gasteiger partial charge in [-0.2, -0.15) is 0 Å². The van der Waals surface area contributed by atoms with Crippen LogP contribution in [0.25, 0.3) is 0 Å². The second kappa shape index (κ2) is 5.85. The number of halogens is 1. The first kappa shape index (κ1) is 14.7. The van der Waals surface area contributed by atoms with Crippen LogP contribution in [0, 0.1) is 12.7 Å². The van der Waals surface area contributed by atoms with E-state index in [2.05, 4.69) is 4.98 Å². The van der Waals surface area contributed by atoms with Crippen molar-refractivity contribution in [3.05, 3.63) is 65.2 Å². The number of pyridine rings is 1. The van der Waals surface area contributed by atoms with E-state index in [0.717, 1.165) is 11.1 Å². The van der Waals surface area contributed by atoms with Crippen molar-refractivity contribution in [2.75, 3.05) is 6.54 Å². The molecule has 4 nitrogen and oxygen atoms in total. The number of carbonyl (C=O) groups excluding carboxylic acids is 1. The third-order valence-electron chi connectivity index (χ3n) is 4.01. The van der Waals surface area contributed by atoms with Crippen LogP contribution in [0.15, 0.2) is 42.6 Å². The van der Waals surface area contributed by atoms with Gasteiger partial charge >= 0.3 is 0 Å². The number of aromatic nitrogens is 1. The number of aliphatic hydroxyl groups excluding tert-OH is 1. The van der Waals surface area contributed by atoms with Crippen LogP contribution in [0.2, 0.25) is 0 Å². The van der Waals surface area contributed by atoms with Crippen LogP contribution in [0.5, 0.6) is 0 Å². The lowest BCUT2D eigenvalue weighted by atomic mass is 10.0. The molecule has 1 amide bonds. The highest BCUT2D eigenvalue weighted by atomic mass is 19.1. The predicted molar refractivity (Wildman–Crippen MR) is 79.8 cm³/mol. The van der Waals surface area contributed by atoms with Gasteiger partial charge in [-0.3, -0.25) is 9.78 Å². The fourth-order valence-corrected chi connectivity index (χ4v) is 2.88. The minimum atomic E-state index is -0.581. The van der Waals surface area contributed by atoms with E-state index in [4.69, 9.17) is 0 Å². The first-order valence-corrected chi connectivity index (χ1v) is 7.22. The van der Waals surface area contributed by atoms with Crippen molar-refractivity contribution in [3.63, 3.8) is 0 Å². The first-order valence-electron chi connectivity index (χ1n) is 7.22. The van der Waals surface area contributed by atoms with Gasteiger partial charge in [0.05, 0.1) is 12.1 Å². The first-order chi connectivity index (χ1) is 10.6. The SMILES string of the molecule is Cc1cccnc1C(=O)N1CC(O)CC1c1ccc(F)cc1. The van der Waals surface area contributed by atoms with Gasteiger partial charge in [0.25, 0.3) is 5.91 Å². The average Bonchev–Trinajstić information content (AvgIpc) is 2.90. The molecule has 0 radical (unpaired) electrons. The van der Waals surface area contributed by atoms with E-state index in [1.807, 2.05) is 13.0 Å². The van der Waals surface area contributed by atoms with Crippen LogP contribution in [0.4, 0.5) is 4.39 Å². The molecule has 22 heavy (non-hydrogen) atoms. The van der Waals surface area contributed by atoms with Crippen LogP contribution >= 0.6 is 0 Å². The van der Waals surface area contributed by atoms with E-state index in [9.17, 15) is 14.3 Å². The summed E-state index contributed by atoms with van der Waals surface area (Å²) >= 11 is 0. The summed E-state index contributed by atoms with van der Waals surface area (Å²) in [5, 5.41) is 9.96. The molecule has 1 aromatic carbocycles. The quantitative estimate of drug-likeness (QED) is 0.927. The Kier molecular flexibility index (Phi) is 3.90. The third kappa shape index (κ3) is 2.72. The molecule has 5 heteroatoms. The van der Waals surface area contributed by atoms with E-state index < -0.39 is 6.10 Å². The second-order valence-electron chi connectivity index (χ2n) is 5.58. The summed E-state index contributed by atoms with van der Waals surface area (Å²) in [5.41, 5.74) is 2.01. The summed E-state index contributed by atoms with van der Waals surface area (Å²) in [7, 11) is 0. The summed E-state index contributed by atoms with van der Waals surface area (Å²) in [4.78, 5) is 18.5. The van der Waals surface area contributed by atoms with E-state index in [0.29, 0.717) is 12.1 Å². The summed E-state index contributed by atoms with van der Waals surface area (Å²) in [6.07, 6.45) is 1.45. The van der Waals surface area contributed by atoms with E-state index in [1.54, 1.807) is 29.3 Å². The number of hydrogen-bond donors (Lipinski definition) is 1. The Labute approximate surface area is 128 Å². The highest BCUT2D eigenvalue weighted by molar-refractivity contribution is 5.94. The second-order valence-corrected chi connectivity index (χ2v) is 5.58. The number of carbonyl (C=O) groups is 1. The molecule has 0 saturated carbocycles. The van der Waals surface area contributed by atoms with Crippen LogP contribution in [-0.2, 0) is 0 Å². The van der Waals surface area contributed by atoms with Crippen molar-refractivity contribution < 1.29 is 14.3 Å². The Morgan fingerprint density at radius 1 is 1.32 bits per heavy atom. The fourth-order valence-electron chi connectivity index (χ4n) is 2.88. The summed E-state index contributed by atoms with van der Waals surface area (Å²) in [6, 6.07) is 9.41. The molecule has 0 spiro atoms. The molecular formula is C17H17FN2O2. The zero-order chi connectivity index (χ0) is 15.7. The standard InChI is InChI=1S/C17H17FN2O2/c1-11-3-2-8-19-16(11)17(22)20-10-14(21)9-15(20)12-4-6-13(18)7-5-12/h2-8,14-15,21H,9-10H2,1H3. The van der Waals surface area contributed by atoms with Gasteiger partial charge in [0.1, 0.15) is 11.5 Å². The number of benzene rings is 1. The van der Waals surface area contributed by atoms with Gasteiger partial charge in [-0.15, -0.1) is 0 Å². The van der Waals surface area contributed by atoms with Gasteiger partial charge < -0.3 is 10.0 Å². The number of rotatable bonds is 2. The van der Waals surface area contributed by atoms with Gasteiger partial charge in [0.15, 0.2) is 0 Å². The van der Waals surface area contributed by atoms with Crippen molar-refractivity contribution in [1.82, 2.24) is 9.88 Å². The third-order valence-corrected chi connectivity index (χ3v) is 4.01. The molecule has 1 fully saturated rings. The molecule has 2 aromatic rings. The molecule has 114 valence electrons. The number of nitrogens with zero attached hydrogens (tertiary/aromatic N) is 2. The maximum absolute atomic E-state index is 13.1. The number of aryl methyl sites for hydroxylation is 1. The summed E-state index contributed by atoms with van der Waals surface area (Å²) < 4.78 is 13.1. The van der Waals surface area contributed by atoms with Crippen LogP contribution in [0.1, 0.15) is 34.1 Å². The van der Waals surface area contributed by atoms with Crippen molar-refractivity contribution in [1.29, 1.82) is 0 Å². The molecule has 1 aromatic heterocycles. The van der Waals surface area contributed by atoms with Gasteiger partial charge in [-0.25, -0.2) is 4.39 Å². The number of aliphatic hydroxyl groups is 1. The van der Waals surface area contributed by atoms with Crippen molar-refractivity contribution in [2.24, 2.45) is 0 Å². The van der Waals surface area contributed by atoms with Crippen molar-refractivity contribution in [2.45, 2.75) is 25.5 Å². The molecule has 2 heterocycles. The molecule has 1 aliphatic heterocycles. The molecule has 0 aliphatic carbocycles. The van der Waals surface area contributed by atoms with Crippen molar-refractivity contribution in [3.8, 4) is 0 Å². The Morgan fingerprint density at radius 3 is 2.73 bits per heavy atom. The van der Waals surface area contributed by atoms with Crippen molar-refractivity contribution >= 4 is 5.91 Å². The lowest BCUT2D eigenvalue weighted by Crippen LogP contribution is -2.32.